The van der Waals surface area contributed by atoms with Gasteiger partial charge in [0.15, 0.2) is 0 Å². The molecule has 5 heteroatoms. The summed E-state index contributed by atoms with van der Waals surface area (Å²) < 4.78 is 5.61. The van der Waals surface area contributed by atoms with Crippen LogP contribution in [0.5, 0.6) is 5.75 Å². The predicted molar refractivity (Wildman–Crippen MR) is 130 cm³/mol. The van der Waals surface area contributed by atoms with Crippen molar-refractivity contribution in [1.29, 1.82) is 0 Å². The fourth-order valence-corrected chi connectivity index (χ4v) is 5.21. The summed E-state index contributed by atoms with van der Waals surface area (Å²) in [4.78, 5) is 40.7. The molecule has 3 aromatic carbocycles. The molecule has 1 aliphatic heterocycles. The summed E-state index contributed by atoms with van der Waals surface area (Å²) in [6, 6.07) is 22.5. The average Bonchev–Trinajstić information content (AvgIpc) is 3.11. The fraction of sp³-hybridized carbons (Fsp3) is 0.276. The van der Waals surface area contributed by atoms with E-state index in [0.717, 1.165) is 17.5 Å². The van der Waals surface area contributed by atoms with Crippen LogP contribution in [0.15, 0.2) is 72.8 Å². The molecular weight excluding hydrogens is 426 g/mol. The molecule has 2 amide bonds. The second-order valence-corrected chi connectivity index (χ2v) is 9.35. The van der Waals surface area contributed by atoms with Crippen molar-refractivity contribution in [2.45, 2.75) is 39.0 Å². The lowest BCUT2D eigenvalue weighted by Gasteiger charge is -2.28. The Bertz CT molecular complexity index is 1270. The van der Waals surface area contributed by atoms with Gasteiger partial charge in [-0.1, -0.05) is 48.5 Å². The van der Waals surface area contributed by atoms with Crippen molar-refractivity contribution in [3.8, 4) is 5.75 Å². The normalized spacial score (nSPS) is 21.9. The second kappa shape index (κ2) is 8.90. The molecule has 34 heavy (non-hydrogen) atoms. The Morgan fingerprint density at radius 2 is 1.62 bits per heavy atom. The maximum atomic E-state index is 13.4. The molecule has 5 rings (SSSR count). The number of esters is 1. The van der Waals surface area contributed by atoms with E-state index >= 15 is 0 Å². The third-order valence-electron chi connectivity index (χ3n) is 7.08. The predicted octanol–water partition coefficient (Wildman–Crippen LogP) is 5.60. The molecule has 0 aromatic heterocycles. The summed E-state index contributed by atoms with van der Waals surface area (Å²) in [6.07, 6.45) is 2.25. The van der Waals surface area contributed by atoms with Gasteiger partial charge in [-0.15, -0.1) is 0 Å². The van der Waals surface area contributed by atoms with Crippen LogP contribution in [0.2, 0.25) is 0 Å². The van der Waals surface area contributed by atoms with E-state index < -0.39 is 5.97 Å². The lowest BCUT2D eigenvalue weighted by atomic mass is 9.73. The first-order valence-corrected chi connectivity index (χ1v) is 11.7. The molecule has 1 saturated carbocycles. The van der Waals surface area contributed by atoms with Gasteiger partial charge in [0.2, 0.25) is 11.8 Å². The van der Waals surface area contributed by atoms with Crippen molar-refractivity contribution in [2.24, 2.45) is 11.8 Å². The van der Waals surface area contributed by atoms with Crippen LogP contribution in [-0.2, 0) is 9.59 Å². The van der Waals surface area contributed by atoms with Gasteiger partial charge in [-0.2, -0.15) is 0 Å². The van der Waals surface area contributed by atoms with Gasteiger partial charge >= 0.3 is 5.97 Å². The summed E-state index contributed by atoms with van der Waals surface area (Å²) >= 11 is 0. The number of hydrogen-bond donors (Lipinski definition) is 0. The van der Waals surface area contributed by atoms with E-state index in [4.69, 9.17) is 4.74 Å². The third kappa shape index (κ3) is 4.03. The molecule has 0 radical (unpaired) electrons. The Labute approximate surface area is 199 Å². The van der Waals surface area contributed by atoms with E-state index in [1.807, 2.05) is 50.2 Å². The minimum atomic E-state index is -0.517. The van der Waals surface area contributed by atoms with Gasteiger partial charge < -0.3 is 4.74 Å². The molecule has 2 fully saturated rings. The van der Waals surface area contributed by atoms with Gasteiger partial charge in [-0.25, -0.2) is 4.79 Å². The van der Waals surface area contributed by atoms with E-state index in [2.05, 4.69) is 12.1 Å². The van der Waals surface area contributed by atoms with Crippen LogP contribution in [0.3, 0.4) is 0 Å². The number of anilines is 1. The highest BCUT2D eigenvalue weighted by Crippen LogP contribution is 2.45. The Hall–Kier alpha value is -3.73. The number of nitrogens with zero attached hydrogens (tertiary/aromatic N) is 1. The van der Waals surface area contributed by atoms with E-state index in [0.29, 0.717) is 29.8 Å². The molecule has 0 spiro atoms. The quantitative estimate of drug-likeness (QED) is 0.293. The monoisotopic (exact) mass is 453 g/mol. The molecule has 1 saturated heterocycles. The molecule has 5 nitrogen and oxygen atoms in total. The first kappa shape index (κ1) is 22.1. The number of benzene rings is 3. The molecule has 3 aromatic rings. The van der Waals surface area contributed by atoms with E-state index in [1.54, 1.807) is 24.3 Å². The molecule has 2 aliphatic rings. The van der Waals surface area contributed by atoms with E-state index in [1.165, 1.54) is 10.5 Å². The zero-order valence-electron chi connectivity index (χ0n) is 19.4. The van der Waals surface area contributed by atoms with Gasteiger partial charge in [-0.05, 0) is 80.0 Å². The standard InChI is InChI=1S/C29H27NO4/c1-18-11-12-19(2)26(15-18)34-29(33)22-9-6-10-23(16-22)30-27(31)24-14-13-21(17-25(24)28(30)32)20-7-4-3-5-8-20/h3-12,15-16,21,24-25H,13-14,17H2,1-2H3/t21-,24+,25+/m0/s1. The number of aryl methyl sites for hydroxylation is 2. The molecule has 0 unspecified atom stereocenters. The summed E-state index contributed by atoms with van der Waals surface area (Å²) in [7, 11) is 0. The van der Waals surface area contributed by atoms with Crippen molar-refractivity contribution in [3.05, 3.63) is 95.1 Å². The first-order valence-electron chi connectivity index (χ1n) is 11.7. The average molecular weight is 454 g/mol. The number of imide groups is 1. The maximum absolute atomic E-state index is 13.4. The van der Waals surface area contributed by atoms with Gasteiger partial charge in [0.1, 0.15) is 5.75 Å². The van der Waals surface area contributed by atoms with Gasteiger partial charge in [0.25, 0.3) is 0 Å². The largest absolute Gasteiger partial charge is 0.423 e. The summed E-state index contributed by atoms with van der Waals surface area (Å²) in [5, 5.41) is 0. The van der Waals surface area contributed by atoms with Crippen LogP contribution in [-0.4, -0.2) is 17.8 Å². The zero-order chi connectivity index (χ0) is 23.8. The minimum Gasteiger partial charge on any atom is -0.423 e. The number of amides is 2. The minimum absolute atomic E-state index is 0.165. The Morgan fingerprint density at radius 1 is 0.853 bits per heavy atom. The van der Waals surface area contributed by atoms with Crippen LogP contribution in [0, 0.1) is 25.7 Å². The number of carbonyl (C=O) groups excluding carboxylic acids is 3. The van der Waals surface area contributed by atoms with Gasteiger partial charge in [0, 0.05) is 0 Å². The topological polar surface area (TPSA) is 63.7 Å². The van der Waals surface area contributed by atoms with Crippen molar-refractivity contribution >= 4 is 23.5 Å². The smallest absolute Gasteiger partial charge is 0.343 e. The lowest BCUT2D eigenvalue weighted by molar-refractivity contribution is -0.122. The van der Waals surface area contributed by atoms with Crippen molar-refractivity contribution in [1.82, 2.24) is 0 Å². The fourth-order valence-electron chi connectivity index (χ4n) is 5.21. The zero-order valence-corrected chi connectivity index (χ0v) is 19.4. The van der Waals surface area contributed by atoms with Crippen LogP contribution >= 0.6 is 0 Å². The summed E-state index contributed by atoms with van der Waals surface area (Å²) in [5.41, 5.74) is 3.80. The molecule has 172 valence electrons. The van der Waals surface area contributed by atoms with Crippen molar-refractivity contribution in [3.63, 3.8) is 0 Å². The molecule has 3 atom stereocenters. The van der Waals surface area contributed by atoms with Crippen LogP contribution in [0.25, 0.3) is 0 Å². The van der Waals surface area contributed by atoms with Crippen LogP contribution in [0.4, 0.5) is 5.69 Å². The maximum Gasteiger partial charge on any atom is 0.343 e. The number of ether oxygens (including phenoxy) is 1. The van der Waals surface area contributed by atoms with Crippen LogP contribution in [0.1, 0.15) is 52.2 Å². The van der Waals surface area contributed by atoms with E-state index in [9.17, 15) is 14.4 Å². The molecule has 1 heterocycles. The third-order valence-corrected chi connectivity index (χ3v) is 7.08. The van der Waals surface area contributed by atoms with Gasteiger partial charge in [-0.3, -0.25) is 14.5 Å². The molecular formula is C29H27NO4. The Kier molecular flexibility index (Phi) is 5.78. The second-order valence-electron chi connectivity index (χ2n) is 9.35. The SMILES string of the molecule is Cc1ccc(C)c(OC(=O)c2cccc(N3C(=O)[C@@H]4CC[C@H](c5ccccc5)C[C@H]4C3=O)c2)c1. The molecule has 1 aliphatic carbocycles. The highest BCUT2D eigenvalue weighted by Gasteiger charge is 2.50. The molecule has 0 N–H and O–H groups in total. The van der Waals surface area contributed by atoms with Gasteiger partial charge in [0.05, 0.1) is 23.1 Å². The number of rotatable bonds is 4. The first-order chi connectivity index (χ1) is 16.4. The molecule has 0 bridgehead atoms. The van der Waals surface area contributed by atoms with Crippen molar-refractivity contribution in [2.75, 3.05) is 4.90 Å². The van der Waals surface area contributed by atoms with E-state index in [-0.39, 0.29) is 29.6 Å². The van der Waals surface area contributed by atoms with Crippen LogP contribution < -0.4 is 9.64 Å². The Morgan fingerprint density at radius 3 is 2.41 bits per heavy atom. The van der Waals surface area contributed by atoms with Crippen molar-refractivity contribution < 1.29 is 19.1 Å². The summed E-state index contributed by atoms with van der Waals surface area (Å²) in [5.74, 6) is -0.691. The Balaban J connectivity index is 1.37. The highest BCUT2D eigenvalue weighted by molar-refractivity contribution is 6.22. The number of hydrogen-bond acceptors (Lipinski definition) is 4. The number of fused-ring (bicyclic) bond motifs is 1. The summed E-state index contributed by atoms with van der Waals surface area (Å²) in [6.45, 7) is 3.81. The lowest BCUT2D eigenvalue weighted by Crippen LogP contribution is -2.31. The highest BCUT2D eigenvalue weighted by atomic mass is 16.5. The number of carbonyl (C=O) groups is 3.